The van der Waals surface area contributed by atoms with E-state index in [9.17, 15) is 4.79 Å². The van der Waals surface area contributed by atoms with Gasteiger partial charge < -0.3 is 4.74 Å². The maximum atomic E-state index is 11.6. The highest BCUT2D eigenvalue weighted by Gasteiger charge is 2.18. The Morgan fingerprint density at radius 1 is 1.61 bits per heavy atom. The number of aliphatic imine (C=N–C) groups is 1. The zero-order valence-electron chi connectivity index (χ0n) is 10.8. The molecule has 1 aromatic rings. The van der Waals surface area contributed by atoms with E-state index in [1.54, 1.807) is 26.8 Å². The molecule has 1 N–H and O–H groups in total. The second-order valence-electron chi connectivity index (χ2n) is 4.42. The predicted molar refractivity (Wildman–Crippen MR) is 67.3 cm³/mol. The molecule has 98 valence electrons. The Morgan fingerprint density at radius 3 is 2.83 bits per heavy atom. The van der Waals surface area contributed by atoms with E-state index in [0.29, 0.717) is 6.54 Å². The SMILES string of the molecule is C=CCN=C(NC(=O)OC(C)(C)C)n1cncn1. The summed E-state index contributed by atoms with van der Waals surface area (Å²) in [6.07, 6.45) is 3.79. The summed E-state index contributed by atoms with van der Waals surface area (Å²) >= 11 is 0. The zero-order chi connectivity index (χ0) is 13.6. The van der Waals surface area contributed by atoms with Crippen LogP contribution in [-0.2, 0) is 4.74 Å². The van der Waals surface area contributed by atoms with Crippen LogP contribution in [0.4, 0.5) is 4.79 Å². The molecule has 0 aliphatic rings. The molecular formula is C11H17N5O2. The number of nitrogens with zero attached hydrogens (tertiary/aromatic N) is 4. The lowest BCUT2D eigenvalue weighted by atomic mass is 10.2. The van der Waals surface area contributed by atoms with Gasteiger partial charge in [-0.15, -0.1) is 6.58 Å². The summed E-state index contributed by atoms with van der Waals surface area (Å²) in [5.41, 5.74) is -0.573. The Morgan fingerprint density at radius 2 is 2.33 bits per heavy atom. The van der Waals surface area contributed by atoms with Gasteiger partial charge in [0.05, 0.1) is 6.54 Å². The number of hydrogen-bond donors (Lipinski definition) is 1. The minimum Gasteiger partial charge on any atom is -0.444 e. The molecule has 1 heterocycles. The lowest BCUT2D eigenvalue weighted by molar-refractivity contribution is 0.0561. The standard InChI is InChI=1S/C11H17N5O2/c1-5-6-13-9(16-8-12-7-14-16)15-10(17)18-11(2,3)4/h5,7-8H,1,6H2,2-4H3,(H,13,15,17). The molecule has 7 nitrogen and oxygen atoms in total. The van der Waals surface area contributed by atoms with E-state index in [4.69, 9.17) is 4.74 Å². The van der Waals surface area contributed by atoms with Crippen molar-refractivity contribution in [1.29, 1.82) is 0 Å². The van der Waals surface area contributed by atoms with Crippen LogP contribution in [0.25, 0.3) is 0 Å². The van der Waals surface area contributed by atoms with Gasteiger partial charge in [0, 0.05) is 0 Å². The van der Waals surface area contributed by atoms with Gasteiger partial charge in [0.1, 0.15) is 18.3 Å². The molecule has 1 aromatic heterocycles. The summed E-state index contributed by atoms with van der Waals surface area (Å²) < 4.78 is 6.47. The van der Waals surface area contributed by atoms with Crippen molar-refractivity contribution < 1.29 is 9.53 Å². The second-order valence-corrected chi connectivity index (χ2v) is 4.42. The molecule has 0 saturated carbocycles. The Balaban J connectivity index is 2.74. The third kappa shape index (κ3) is 4.77. The van der Waals surface area contributed by atoms with E-state index < -0.39 is 11.7 Å². The molecule has 0 unspecified atom stereocenters. The number of amides is 1. The van der Waals surface area contributed by atoms with E-state index in [1.165, 1.54) is 17.3 Å². The molecule has 1 rings (SSSR count). The smallest absolute Gasteiger partial charge is 0.414 e. The molecule has 1 amide bonds. The van der Waals surface area contributed by atoms with Gasteiger partial charge >= 0.3 is 6.09 Å². The molecule has 0 radical (unpaired) electrons. The van der Waals surface area contributed by atoms with E-state index in [0.717, 1.165) is 0 Å². The zero-order valence-corrected chi connectivity index (χ0v) is 10.8. The van der Waals surface area contributed by atoms with E-state index in [-0.39, 0.29) is 5.96 Å². The highest BCUT2D eigenvalue weighted by atomic mass is 16.6. The summed E-state index contributed by atoms with van der Waals surface area (Å²) in [6, 6.07) is 0. The Hall–Kier alpha value is -2.18. The molecule has 0 fully saturated rings. The minimum atomic E-state index is -0.596. The maximum Gasteiger partial charge on any atom is 0.414 e. The number of hydrogen-bond acceptors (Lipinski definition) is 5. The fourth-order valence-corrected chi connectivity index (χ4v) is 1.03. The molecule has 0 atom stereocenters. The first-order chi connectivity index (χ1) is 8.42. The molecule has 0 aliphatic heterocycles. The van der Waals surface area contributed by atoms with Crippen molar-refractivity contribution in [2.75, 3.05) is 6.54 Å². The minimum absolute atomic E-state index is 0.238. The Labute approximate surface area is 106 Å². The first-order valence-electron chi connectivity index (χ1n) is 5.43. The summed E-state index contributed by atoms with van der Waals surface area (Å²) in [6.45, 7) is 9.25. The van der Waals surface area contributed by atoms with Crippen molar-refractivity contribution in [3.63, 3.8) is 0 Å². The van der Waals surface area contributed by atoms with Gasteiger partial charge in [0.2, 0.25) is 5.96 Å². The molecular weight excluding hydrogens is 234 g/mol. The largest absolute Gasteiger partial charge is 0.444 e. The summed E-state index contributed by atoms with van der Waals surface area (Å²) in [5.74, 6) is 0.238. The molecule has 0 aliphatic carbocycles. The molecule has 0 bridgehead atoms. The Kier molecular flexibility index (Phi) is 4.59. The first kappa shape index (κ1) is 13.9. The first-order valence-corrected chi connectivity index (χ1v) is 5.43. The third-order valence-corrected chi connectivity index (χ3v) is 1.62. The van der Waals surface area contributed by atoms with Gasteiger partial charge in [-0.3, -0.25) is 5.32 Å². The summed E-state index contributed by atoms with van der Waals surface area (Å²) in [4.78, 5) is 19.5. The van der Waals surface area contributed by atoms with Gasteiger partial charge in [-0.1, -0.05) is 6.08 Å². The number of alkyl carbamates (subject to hydrolysis) is 1. The lowest BCUT2D eigenvalue weighted by Crippen LogP contribution is -2.40. The van der Waals surface area contributed by atoms with Crippen molar-refractivity contribution in [2.24, 2.45) is 4.99 Å². The topological polar surface area (TPSA) is 81.4 Å². The van der Waals surface area contributed by atoms with Crippen LogP contribution in [0.5, 0.6) is 0 Å². The number of carbonyl (C=O) groups is 1. The van der Waals surface area contributed by atoms with Crippen molar-refractivity contribution in [1.82, 2.24) is 20.1 Å². The third-order valence-electron chi connectivity index (χ3n) is 1.62. The number of rotatable bonds is 2. The van der Waals surface area contributed by atoms with Crippen LogP contribution in [0.1, 0.15) is 20.8 Å². The molecule has 0 saturated heterocycles. The van der Waals surface area contributed by atoms with Crippen LogP contribution in [0, 0.1) is 0 Å². The monoisotopic (exact) mass is 251 g/mol. The van der Waals surface area contributed by atoms with Gasteiger partial charge in [0.15, 0.2) is 0 Å². The fraction of sp³-hybridized carbons (Fsp3) is 0.455. The molecule has 18 heavy (non-hydrogen) atoms. The van der Waals surface area contributed by atoms with Crippen LogP contribution in [0.2, 0.25) is 0 Å². The average molecular weight is 251 g/mol. The van der Waals surface area contributed by atoms with Crippen LogP contribution in [0.15, 0.2) is 30.3 Å². The van der Waals surface area contributed by atoms with Gasteiger partial charge in [-0.2, -0.15) is 9.78 Å². The van der Waals surface area contributed by atoms with Gasteiger partial charge in [-0.25, -0.2) is 14.8 Å². The predicted octanol–water partition coefficient (Wildman–Crippen LogP) is 1.19. The molecule has 7 heteroatoms. The van der Waals surface area contributed by atoms with Crippen LogP contribution < -0.4 is 5.32 Å². The van der Waals surface area contributed by atoms with E-state index in [1.807, 2.05) is 0 Å². The normalized spacial score (nSPS) is 12.1. The number of nitrogens with one attached hydrogen (secondary N) is 1. The molecule has 0 aromatic carbocycles. The van der Waals surface area contributed by atoms with Crippen molar-refractivity contribution >= 4 is 12.1 Å². The van der Waals surface area contributed by atoms with Crippen LogP contribution in [-0.4, -0.2) is 39.0 Å². The average Bonchev–Trinajstić information content (AvgIpc) is 2.74. The van der Waals surface area contributed by atoms with Crippen LogP contribution >= 0.6 is 0 Å². The van der Waals surface area contributed by atoms with Gasteiger partial charge in [-0.05, 0) is 20.8 Å². The van der Waals surface area contributed by atoms with E-state index >= 15 is 0 Å². The van der Waals surface area contributed by atoms with Crippen molar-refractivity contribution in [2.45, 2.75) is 26.4 Å². The summed E-state index contributed by atoms with van der Waals surface area (Å²) in [5, 5.41) is 6.40. The highest BCUT2D eigenvalue weighted by molar-refractivity contribution is 5.94. The lowest BCUT2D eigenvalue weighted by Gasteiger charge is -2.19. The van der Waals surface area contributed by atoms with Crippen molar-refractivity contribution in [3.8, 4) is 0 Å². The Bertz CT molecular complexity index is 431. The fourth-order valence-electron chi connectivity index (χ4n) is 1.03. The highest BCUT2D eigenvalue weighted by Crippen LogP contribution is 2.06. The number of ether oxygens (including phenoxy) is 1. The molecule has 0 spiro atoms. The number of carbonyl (C=O) groups excluding carboxylic acids is 1. The quantitative estimate of drug-likeness (QED) is 0.486. The van der Waals surface area contributed by atoms with E-state index in [2.05, 4.69) is 27.0 Å². The number of aromatic nitrogens is 3. The summed E-state index contributed by atoms with van der Waals surface area (Å²) in [7, 11) is 0. The van der Waals surface area contributed by atoms with Crippen LogP contribution in [0.3, 0.4) is 0 Å². The van der Waals surface area contributed by atoms with Gasteiger partial charge in [0.25, 0.3) is 0 Å². The maximum absolute atomic E-state index is 11.6. The second kappa shape index (κ2) is 5.95. The van der Waals surface area contributed by atoms with Crippen molar-refractivity contribution in [3.05, 3.63) is 25.3 Å².